The molecule has 25 heavy (non-hydrogen) atoms. The van der Waals surface area contributed by atoms with Crippen molar-refractivity contribution in [3.63, 3.8) is 0 Å². The highest BCUT2D eigenvalue weighted by atomic mass is 16.2. The zero-order valence-corrected chi connectivity index (χ0v) is 14.9. The van der Waals surface area contributed by atoms with Gasteiger partial charge in [0.05, 0.1) is 0 Å². The second kappa shape index (κ2) is 6.15. The summed E-state index contributed by atoms with van der Waals surface area (Å²) in [7, 11) is 1.70. The fraction of sp³-hybridized carbons (Fsp3) is 0.737. The lowest BCUT2D eigenvalue weighted by atomic mass is 9.81. The number of carbonyl (C=O) groups is 3. The lowest BCUT2D eigenvalue weighted by Crippen LogP contribution is -2.49. The Kier molecular flexibility index (Phi) is 4.08. The maximum absolute atomic E-state index is 12.9. The number of rotatable bonds is 4. The molecule has 4 amide bonds. The van der Waals surface area contributed by atoms with Crippen LogP contribution in [0.5, 0.6) is 0 Å². The Labute approximate surface area is 148 Å². The first-order valence-electron chi connectivity index (χ1n) is 9.56. The summed E-state index contributed by atoms with van der Waals surface area (Å²) >= 11 is 0. The van der Waals surface area contributed by atoms with E-state index < -0.39 is 5.54 Å². The number of urea groups is 1. The van der Waals surface area contributed by atoms with Gasteiger partial charge in [0.2, 0.25) is 5.91 Å². The highest BCUT2D eigenvalue weighted by molar-refractivity contribution is 6.08. The van der Waals surface area contributed by atoms with Crippen molar-refractivity contribution in [1.29, 1.82) is 0 Å². The third kappa shape index (κ3) is 2.66. The Morgan fingerprint density at radius 2 is 1.96 bits per heavy atom. The molecule has 0 aromatic heterocycles. The van der Waals surface area contributed by atoms with Crippen LogP contribution in [0.1, 0.15) is 44.9 Å². The minimum atomic E-state index is -0.703. The van der Waals surface area contributed by atoms with Crippen molar-refractivity contribution in [1.82, 2.24) is 15.1 Å². The Hall–Kier alpha value is -1.85. The summed E-state index contributed by atoms with van der Waals surface area (Å²) in [6, 6.07) is -0.329. The SMILES string of the molecule is CN1C(=O)N(CC(=O)NC[C@@H]2C[C@H]3C=C[C@H]2C3)C(=O)C12CCCCC2. The monoisotopic (exact) mass is 345 g/mol. The predicted molar refractivity (Wildman–Crippen MR) is 92.5 cm³/mol. The molecule has 3 fully saturated rings. The van der Waals surface area contributed by atoms with Crippen LogP contribution in [0.15, 0.2) is 12.2 Å². The van der Waals surface area contributed by atoms with E-state index in [9.17, 15) is 14.4 Å². The summed E-state index contributed by atoms with van der Waals surface area (Å²) in [5.74, 6) is 1.34. The number of nitrogens with zero attached hydrogens (tertiary/aromatic N) is 2. The van der Waals surface area contributed by atoms with E-state index in [1.165, 1.54) is 6.42 Å². The second-order valence-electron chi connectivity index (χ2n) is 8.17. The molecule has 0 unspecified atom stereocenters. The van der Waals surface area contributed by atoms with Gasteiger partial charge in [0.1, 0.15) is 12.1 Å². The molecule has 6 nitrogen and oxygen atoms in total. The highest BCUT2D eigenvalue weighted by Gasteiger charge is 2.55. The molecule has 136 valence electrons. The van der Waals surface area contributed by atoms with Crippen molar-refractivity contribution >= 4 is 17.8 Å². The summed E-state index contributed by atoms with van der Waals surface area (Å²) in [5, 5.41) is 2.95. The van der Waals surface area contributed by atoms with Gasteiger partial charge in [0, 0.05) is 13.6 Å². The van der Waals surface area contributed by atoms with Gasteiger partial charge >= 0.3 is 6.03 Å². The molecule has 1 N–H and O–H groups in total. The van der Waals surface area contributed by atoms with Crippen LogP contribution in [0.2, 0.25) is 0 Å². The van der Waals surface area contributed by atoms with Gasteiger partial charge in [0.25, 0.3) is 5.91 Å². The van der Waals surface area contributed by atoms with E-state index in [-0.39, 0.29) is 24.4 Å². The highest BCUT2D eigenvalue weighted by Crippen LogP contribution is 2.43. The van der Waals surface area contributed by atoms with E-state index in [1.807, 2.05) is 0 Å². The molecule has 1 saturated heterocycles. The third-order valence-corrected chi connectivity index (χ3v) is 6.76. The van der Waals surface area contributed by atoms with Gasteiger partial charge < -0.3 is 10.2 Å². The maximum atomic E-state index is 12.9. The number of allylic oxidation sites excluding steroid dienone is 2. The zero-order chi connectivity index (χ0) is 17.6. The summed E-state index contributed by atoms with van der Waals surface area (Å²) in [6.45, 7) is 0.488. The van der Waals surface area contributed by atoms with E-state index >= 15 is 0 Å². The molecule has 0 radical (unpaired) electrons. The van der Waals surface area contributed by atoms with Crippen LogP contribution >= 0.6 is 0 Å². The Morgan fingerprint density at radius 1 is 1.20 bits per heavy atom. The number of nitrogens with one attached hydrogen (secondary N) is 1. The largest absolute Gasteiger partial charge is 0.354 e. The summed E-state index contributed by atoms with van der Waals surface area (Å²) in [6.07, 6.45) is 11.3. The van der Waals surface area contributed by atoms with Gasteiger partial charge in [-0.2, -0.15) is 0 Å². The first kappa shape index (κ1) is 16.6. The van der Waals surface area contributed by atoms with E-state index in [0.29, 0.717) is 37.1 Å². The third-order valence-electron chi connectivity index (χ3n) is 6.76. The van der Waals surface area contributed by atoms with Crippen molar-refractivity contribution in [3.8, 4) is 0 Å². The minimum absolute atomic E-state index is 0.152. The molecule has 1 aliphatic heterocycles. The number of fused-ring (bicyclic) bond motifs is 2. The normalized spacial score (nSPS) is 32.9. The van der Waals surface area contributed by atoms with Gasteiger partial charge in [0.15, 0.2) is 0 Å². The number of amides is 4. The average molecular weight is 345 g/mol. The Balaban J connectivity index is 1.35. The van der Waals surface area contributed by atoms with Crippen molar-refractivity contribution in [2.75, 3.05) is 20.1 Å². The van der Waals surface area contributed by atoms with Crippen LogP contribution in [-0.4, -0.2) is 53.3 Å². The topological polar surface area (TPSA) is 69.7 Å². The molecule has 1 heterocycles. The fourth-order valence-corrected chi connectivity index (χ4v) is 5.24. The van der Waals surface area contributed by atoms with Crippen molar-refractivity contribution in [2.45, 2.75) is 50.5 Å². The number of likely N-dealkylation sites (N-methyl/N-ethyl adjacent to an activating group) is 1. The second-order valence-corrected chi connectivity index (χ2v) is 8.17. The van der Waals surface area contributed by atoms with Crippen molar-refractivity contribution < 1.29 is 14.4 Å². The van der Waals surface area contributed by atoms with Gasteiger partial charge in [-0.1, -0.05) is 31.4 Å². The molecule has 4 rings (SSSR count). The van der Waals surface area contributed by atoms with Crippen LogP contribution in [0.25, 0.3) is 0 Å². The molecule has 6 heteroatoms. The number of carbonyl (C=O) groups excluding carboxylic acids is 3. The average Bonchev–Trinajstić information content (AvgIpc) is 3.29. The minimum Gasteiger partial charge on any atom is -0.354 e. The van der Waals surface area contributed by atoms with Gasteiger partial charge in [-0.3, -0.25) is 14.5 Å². The summed E-state index contributed by atoms with van der Waals surface area (Å²) in [5.41, 5.74) is -0.703. The first-order valence-corrected chi connectivity index (χ1v) is 9.56. The van der Waals surface area contributed by atoms with Crippen LogP contribution in [0.4, 0.5) is 4.79 Å². The standard InChI is InChI=1S/C19H27N3O3/c1-21-18(25)22(17(24)19(21)7-3-2-4-8-19)12-16(23)20-11-15-10-13-5-6-14(15)9-13/h5-6,13-15H,2-4,7-12H2,1H3,(H,20,23)/t13-,14-,15-/m0/s1. The molecular formula is C19H27N3O3. The summed E-state index contributed by atoms with van der Waals surface area (Å²) < 4.78 is 0. The molecule has 2 saturated carbocycles. The van der Waals surface area contributed by atoms with Crippen molar-refractivity contribution in [3.05, 3.63) is 12.2 Å². The van der Waals surface area contributed by atoms with Crippen LogP contribution in [0.3, 0.4) is 0 Å². The smallest absolute Gasteiger partial charge is 0.327 e. The molecule has 3 atom stereocenters. The maximum Gasteiger partial charge on any atom is 0.327 e. The molecule has 3 aliphatic carbocycles. The van der Waals surface area contributed by atoms with E-state index in [2.05, 4.69) is 17.5 Å². The van der Waals surface area contributed by atoms with E-state index in [4.69, 9.17) is 0 Å². The quantitative estimate of drug-likeness (QED) is 0.625. The van der Waals surface area contributed by atoms with Crippen molar-refractivity contribution in [2.24, 2.45) is 17.8 Å². The lowest BCUT2D eigenvalue weighted by Gasteiger charge is -2.35. The zero-order valence-electron chi connectivity index (χ0n) is 14.9. The van der Waals surface area contributed by atoms with Gasteiger partial charge in [-0.25, -0.2) is 4.79 Å². The lowest BCUT2D eigenvalue weighted by molar-refractivity contribution is -0.137. The molecule has 1 spiro atoms. The predicted octanol–water partition coefficient (Wildman–Crippen LogP) is 1.91. The first-order chi connectivity index (χ1) is 12.0. The molecule has 4 aliphatic rings. The van der Waals surface area contributed by atoms with Gasteiger partial charge in [-0.15, -0.1) is 0 Å². The van der Waals surface area contributed by atoms with Crippen LogP contribution < -0.4 is 5.32 Å². The number of hydrogen-bond donors (Lipinski definition) is 1. The Bertz CT molecular complexity index is 623. The Morgan fingerprint density at radius 3 is 2.60 bits per heavy atom. The molecular weight excluding hydrogens is 318 g/mol. The van der Waals surface area contributed by atoms with Crippen LogP contribution in [-0.2, 0) is 9.59 Å². The van der Waals surface area contributed by atoms with Gasteiger partial charge in [-0.05, 0) is 43.4 Å². The molecule has 2 bridgehead atoms. The summed E-state index contributed by atoms with van der Waals surface area (Å²) in [4.78, 5) is 40.5. The van der Waals surface area contributed by atoms with E-state index in [1.54, 1.807) is 11.9 Å². The molecule has 0 aromatic carbocycles. The number of hydrogen-bond acceptors (Lipinski definition) is 3. The fourth-order valence-electron chi connectivity index (χ4n) is 5.24. The molecule has 0 aromatic rings. The number of imide groups is 1. The van der Waals surface area contributed by atoms with E-state index in [0.717, 1.165) is 30.6 Å². The van der Waals surface area contributed by atoms with Crippen LogP contribution in [0, 0.1) is 17.8 Å².